The van der Waals surface area contributed by atoms with Gasteiger partial charge in [0.2, 0.25) is 0 Å². The second kappa shape index (κ2) is 10.6. The number of aryl methyl sites for hydroxylation is 1. The molecule has 0 saturated heterocycles. The molecule has 3 rings (SSSR count). The van der Waals surface area contributed by atoms with Crippen molar-refractivity contribution < 1.29 is 19.2 Å². The predicted molar refractivity (Wildman–Crippen MR) is 129 cm³/mol. The molecule has 0 bridgehead atoms. The van der Waals surface area contributed by atoms with Crippen molar-refractivity contribution in [2.75, 3.05) is 12.4 Å². The number of ether oxygens (including phenoxy) is 1. The molecule has 0 aromatic heterocycles. The molecule has 0 aliphatic carbocycles. The third kappa shape index (κ3) is 6.27. The molecule has 3 aromatic carbocycles. The number of nitro benzene ring substituents is 1. The van der Waals surface area contributed by atoms with Gasteiger partial charge in [-0.15, -0.1) is 0 Å². The predicted octanol–water partition coefficient (Wildman–Crippen LogP) is 5.08. The normalized spacial score (nSPS) is 10.9. The van der Waals surface area contributed by atoms with Crippen LogP contribution in [0.4, 0.5) is 11.4 Å². The fourth-order valence-corrected chi connectivity index (χ4v) is 3.38. The molecule has 2 amide bonds. The van der Waals surface area contributed by atoms with Crippen LogP contribution in [0.15, 0.2) is 76.9 Å². The zero-order valence-electron chi connectivity index (χ0n) is 17.8. The Hall–Kier alpha value is -3.98. The lowest BCUT2D eigenvalue weighted by molar-refractivity contribution is -0.384. The van der Waals surface area contributed by atoms with E-state index in [1.54, 1.807) is 42.5 Å². The number of nitrogens with zero attached hydrogens (tertiary/aromatic N) is 1. The average Bonchev–Trinajstić information content (AvgIpc) is 2.78. The van der Waals surface area contributed by atoms with Crippen LogP contribution in [0.2, 0.25) is 0 Å². The summed E-state index contributed by atoms with van der Waals surface area (Å²) in [7, 11) is 1.43. The lowest BCUT2D eigenvalue weighted by Crippen LogP contribution is -2.31. The highest BCUT2D eigenvalue weighted by molar-refractivity contribution is 9.10. The van der Waals surface area contributed by atoms with Crippen LogP contribution in [0.5, 0.6) is 5.75 Å². The van der Waals surface area contributed by atoms with Gasteiger partial charge in [0.1, 0.15) is 11.4 Å². The fourth-order valence-electron chi connectivity index (χ4n) is 3.02. The number of methoxy groups -OCH3 is 1. The van der Waals surface area contributed by atoms with Crippen LogP contribution in [-0.2, 0) is 4.79 Å². The minimum Gasteiger partial charge on any atom is -0.496 e. The molecule has 0 atom stereocenters. The number of benzene rings is 3. The summed E-state index contributed by atoms with van der Waals surface area (Å²) in [6, 6.07) is 17.8. The maximum absolute atomic E-state index is 13.1. The average molecular weight is 510 g/mol. The van der Waals surface area contributed by atoms with Crippen molar-refractivity contribution in [2.45, 2.75) is 6.92 Å². The molecule has 2 N–H and O–H groups in total. The minimum atomic E-state index is -0.589. The number of non-ortho nitro benzene ring substituents is 1. The van der Waals surface area contributed by atoms with Gasteiger partial charge in [0, 0.05) is 22.3 Å². The van der Waals surface area contributed by atoms with Gasteiger partial charge in [0.25, 0.3) is 17.5 Å². The number of hydrogen-bond acceptors (Lipinski definition) is 5. The Morgan fingerprint density at radius 1 is 1.06 bits per heavy atom. The summed E-state index contributed by atoms with van der Waals surface area (Å²) in [4.78, 5) is 36.7. The Balaban J connectivity index is 1.98. The summed E-state index contributed by atoms with van der Waals surface area (Å²) in [5, 5.41) is 16.5. The zero-order chi connectivity index (χ0) is 24.0. The molecule has 0 fully saturated rings. The van der Waals surface area contributed by atoms with Gasteiger partial charge in [-0.05, 0) is 54.5 Å². The van der Waals surface area contributed by atoms with Crippen LogP contribution in [-0.4, -0.2) is 23.8 Å². The fraction of sp³-hybridized carbons (Fsp3) is 0.0833. The van der Waals surface area contributed by atoms with E-state index in [0.29, 0.717) is 21.5 Å². The Morgan fingerprint density at radius 3 is 2.52 bits per heavy atom. The summed E-state index contributed by atoms with van der Waals surface area (Å²) < 4.78 is 5.91. The summed E-state index contributed by atoms with van der Waals surface area (Å²) >= 11 is 3.32. The Morgan fingerprint density at radius 2 is 1.82 bits per heavy atom. The number of amides is 2. The van der Waals surface area contributed by atoms with Gasteiger partial charge in [0.15, 0.2) is 0 Å². The van der Waals surface area contributed by atoms with Gasteiger partial charge in [-0.2, -0.15) is 0 Å². The number of rotatable bonds is 7. The third-order valence-corrected chi connectivity index (χ3v) is 5.06. The van der Waals surface area contributed by atoms with Crippen LogP contribution in [0, 0.1) is 17.0 Å². The molecule has 9 heteroatoms. The van der Waals surface area contributed by atoms with Gasteiger partial charge >= 0.3 is 0 Å². The molecular weight excluding hydrogens is 490 g/mol. The standard InChI is InChI=1S/C24H20BrN3O5/c1-15-5-3-7-18(11-15)26-24(30)21(13-16-6-4-8-19(12-16)28(31)32)27-23(29)20-14-17(25)9-10-22(20)33-2/h3-14H,1-2H3,(H,26,30)(H,27,29)/b21-13-. The maximum Gasteiger partial charge on any atom is 0.272 e. The largest absolute Gasteiger partial charge is 0.496 e. The summed E-state index contributed by atoms with van der Waals surface area (Å²) in [5.74, 6) is -0.844. The van der Waals surface area contributed by atoms with E-state index in [1.807, 2.05) is 13.0 Å². The van der Waals surface area contributed by atoms with Gasteiger partial charge in [0.05, 0.1) is 17.6 Å². The molecule has 3 aromatic rings. The van der Waals surface area contributed by atoms with Crippen molar-refractivity contribution in [3.63, 3.8) is 0 Å². The highest BCUT2D eigenvalue weighted by Gasteiger charge is 2.19. The van der Waals surface area contributed by atoms with Crippen LogP contribution < -0.4 is 15.4 Å². The monoisotopic (exact) mass is 509 g/mol. The van der Waals surface area contributed by atoms with Crippen molar-refractivity contribution in [3.05, 3.63) is 104 Å². The first-order chi connectivity index (χ1) is 15.8. The Labute approximate surface area is 198 Å². The molecule has 0 spiro atoms. The second-order valence-corrected chi connectivity index (χ2v) is 7.95. The number of halogens is 1. The Kier molecular flexibility index (Phi) is 7.57. The van der Waals surface area contributed by atoms with E-state index in [4.69, 9.17) is 4.74 Å². The molecule has 33 heavy (non-hydrogen) atoms. The highest BCUT2D eigenvalue weighted by Crippen LogP contribution is 2.24. The van der Waals surface area contributed by atoms with Crippen molar-refractivity contribution in [2.24, 2.45) is 0 Å². The summed E-state index contributed by atoms with van der Waals surface area (Å²) in [6.45, 7) is 1.89. The number of carbonyl (C=O) groups excluding carboxylic acids is 2. The molecule has 0 unspecified atom stereocenters. The third-order valence-electron chi connectivity index (χ3n) is 4.57. The quantitative estimate of drug-likeness (QED) is 0.262. The van der Waals surface area contributed by atoms with Crippen LogP contribution in [0.3, 0.4) is 0 Å². The SMILES string of the molecule is COc1ccc(Br)cc1C(=O)N/C(=C\c1cccc([N+](=O)[O-])c1)C(=O)Nc1cccc(C)c1. The van der Waals surface area contributed by atoms with Crippen molar-refractivity contribution in [1.82, 2.24) is 5.32 Å². The van der Waals surface area contributed by atoms with Crippen molar-refractivity contribution in [1.29, 1.82) is 0 Å². The number of nitro groups is 1. The van der Waals surface area contributed by atoms with E-state index in [-0.39, 0.29) is 16.9 Å². The van der Waals surface area contributed by atoms with Crippen LogP contribution in [0.25, 0.3) is 6.08 Å². The van der Waals surface area contributed by atoms with E-state index < -0.39 is 16.7 Å². The van der Waals surface area contributed by atoms with Crippen molar-refractivity contribution in [3.8, 4) is 5.75 Å². The molecular formula is C24H20BrN3O5. The molecule has 0 radical (unpaired) electrons. The first-order valence-corrected chi connectivity index (χ1v) is 10.5. The maximum atomic E-state index is 13.1. The van der Waals surface area contributed by atoms with E-state index >= 15 is 0 Å². The zero-order valence-corrected chi connectivity index (χ0v) is 19.4. The van der Waals surface area contributed by atoms with Crippen LogP contribution >= 0.6 is 15.9 Å². The summed E-state index contributed by atoms with van der Waals surface area (Å²) in [6.07, 6.45) is 1.38. The molecule has 0 aliphatic heterocycles. The molecule has 0 aliphatic rings. The molecule has 168 valence electrons. The first kappa shape index (κ1) is 23.7. The van der Waals surface area contributed by atoms with E-state index in [0.717, 1.165) is 5.56 Å². The number of anilines is 1. The van der Waals surface area contributed by atoms with E-state index in [9.17, 15) is 19.7 Å². The van der Waals surface area contributed by atoms with Gasteiger partial charge < -0.3 is 15.4 Å². The van der Waals surface area contributed by atoms with E-state index in [1.165, 1.54) is 31.4 Å². The van der Waals surface area contributed by atoms with Gasteiger partial charge in [-0.1, -0.05) is 40.2 Å². The van der Waals surface area contributed by atoms with Gasteiger partial charge in [-0.25, -0.2) is 0 Å². The topological polar surface area (TPSA) is 111 Å². The Bertz CT molecular complexity index is 1260. The van der Waals surface area contributed by atoms with Crippen LogP contribution in [0.1, 0.15) is 21.5 Å². The summed E-state index contributed by atoms with van der Waals surface area (Å²) in [5.41, 5.74) is 1.84. The van der Waals surface area contributed by atoms with Crippen molar-refractivity contribution >= 4 is 45.2 Å². The van der Waals surface area contributed by atoms with Gasteiger partial charge in [-0.3, -0.25) is 19.7 Å². The highest BCUT2D eigenvalue weighted by atomic mass is 79.9. The molecule has 8 nitrogen and oxygen atoms in total. The number of carbonyl (C=O) groups is 2. The molecule has 0 heterocycles. The number of hydrogen-bond donors (Lipinski definition) is 2. The second-order valence-electron chi connectivity index (χ2n) is 7.03. The lowest BCUT2D eigenvalue weighted by Gasteiger charge is -2.13. The first-order valence-electron chi connectivity index (χ1n) is 9.76. The lowest BCUT2D eigenvalue weighted by atomic mass is 10.1. The van der Waals surface area contributed by atoms with E-state index in [2.05, 4.69) is 26.6 Å². The minimum absolute atomic E-state index is 0.0935. The smallest absolute Gasteiger partial charge is 0.272 e. The molecule has 0 saturated carbocycles. The number of nitrogens with one attached hydrogen (secondary N) is 2.